The van der Waals surface area contributed by atoms with E-state index in [0.717, 1.165) is 18.5 Å². The number of hydrogen-bond donors (Lipinski definition) is 1. The first kappa shape index (κ1) is 9.26. The smallest absolute Gasteiger partial charge is 0.0792 e. The van der Waals surface area contributed by atoms with Gasteiger partial charge in [-0.3, -0.25) is 4.68 Å². The molecule has 68 valence electrons. The van der Waals surface area contributed by atoms with Gasteiger partial charge in [0.1, 0.15) is 0 Å². The van der Waals surface area contributed by atoms with Crippen LogP contribution in [0.25, 0.3) is 0 Å². The average molecular weight is 167 g/mol. The van der Waals surface area contributed by atoms with Gasteiger partial charge in [-0.05, 0) is 18.9 Å². The van der Waals surface area contributed by atoms with Crippen LogP contribution in [-0.2, 0) is 20.0 Å². The zero-order chi connectivity index (χ0) is 9.14. The average Bonchev–Trinajstić information content (AvgIpc) is 2.32. The summed E-state index contributed by atoms with van der Waals surface area (Å²) < 4.78 is 1.95. The molecule has 0 spiro atoms. The van der Waals surface area contributed by atoms with Gasteiger partial charge in [-0.2, -0.15) is 5.10 Å². The van der Waals surface area contributed by atoms with Crippen molar-refractivity contribution in [1.82, 2.24) is 9.78 Å². The number of nitrogens with two attached hydrogens (primary N) is 1. The highest BCUT2D eigenvalue weighted by Gasteiger charge is 2.08. The van der Waals surface area contributed by atoms with E-state index in [1.165, 1.54) is 11.3 Å². The second-order valence-corrected chi connectivity index (χ2v) is 3.10. The lowest BCUT2D eigenvalue weighted by atomic mass is 10.1. The minimum absolute atomic E-state index is 0.545. The molecule has 1 aromatic rings. The van der Waals surface area contributed by atoms with Crippen molar-refractivity contribution in [2.45, 2.75) is 33.2 Å². The lowest BCUT2D eigenvalue weighted by Gasteiger charge is -1.99. The van der Waals surface area contributed by atoms with Gasteiger partial charge in [0.05, 0.1) is 5.69 Å². The van der Waals surface area contributed by atoms with E-state index in [4.69, 9.17) is 5.73 Å². The Kier molecular flexibility index (Phi) is 2.87. The fraction of sp³-hybridized carbons (Fsp3) is 0.667. The van der Waals surface area contributed by atoms with Crippen molar-refractivity contribution in [2.24, 2.45) is 12.8 Å². The van der Waals surface area contributed by atoms with Crippen LogP contribution >= 0.6 is 0 Å². The highest BCUT2D eigenvalue weighted by atomic mass is 15.3. The van der Waals surface area contributed by atoms with Gasteiger partial charge in [0, 0.05) is 19.3 Å². The quantitative estimate of drug-likeness (QED) is 0.733. The Morgan fingerprint density at radius 3 is 2.58 bits per heavy atom. The Labute approximate surface area is 73.6 Å². The van der Waals surface area contributed by atoms with Gasteiger partial charge >= 0.3 is 0 Å². The molecule has 0 aromatic carbocycles. The monoisotopic (exact) mass is 167 g/mol. The minimum Gasteiger partial charge on any atom is -0.325 e. The molecular formula is C9H17N3. The van der Waals surface area contributed by atoms with E-state index in [-0.39, 0.29) is 0 Å². The van der Waals surface area contributed by atoms with Crippen LogP contribution in [0, 0.1) is 6.92 Å². The molecule has 0 atom stereocenters. The summed E-state index contributed by atoms with van der Waals surface area (Å²) in [4.78, 5) is 0. The maximum absolute atomic E-state index is 5.55. The maximum atomic E-state index is 5.55. The SMILES string of the molecule is CCCc1c(C)c(CN)nn1C. The van der Waals surface area contributed by atoms with Crippen LogP contribution in [-0.4, -0.2) is 9.78 Å². The van der Waals surface area contributed by atoms with E-state index in [1.54, 1.807) is 0 Å². The standard InChI is InChI=1S/C9H17N3/c1-4-5-9-7(2)8(6-10)11-12(9)3/h4-6,10H2,1-3H3. The molecule has 1 aromatic heterocycles. The van der Waals surface area contributed by atoms with Gasteiger partial charge in [-0.15, -0.1) is 0 Å². The van der Waals surface area contributed by atoms with Crippen molar-refractivity contribution in [2.75, 3.05) is 0 Å². The van der Waals surface area contributed by atoms with Gasteiger partial charge in [-0.25, -0.2) is 0 Å². The fourth-order valence-electron chi connectivity index (χ4n) is 1.51. The van der Waals surface area contributed by atoms with Crippen LogP contribution in [0.4, 0.5) is 0 Å². The van der Waals surface area contributed by atoms with E-state index < -0.39 is 0 Å². The number of hydrogen-bond acceptors (Lipinski definition) is 2. The molecule has 0 unspecified atom stereocenters. The molecule has 3 nitrogen and oxygen atoms in total. The molecule has 0 aliphatic rings. The molecule has 0 saturated heterocycles. The highest BCUT2D eigenvalue weighted by molar-refractivity contribution is 5.24. The molecule has 3 heteroatoms. The molecule has 0 saturated carbocycles. The second kappa shape index (κ2) is 3.72. The molecule has 0 fully saturated rings. The van der Waals surface area contributed by atoms with Crippen LogP contribution in [0.5, 0.6) is 0 Å². The zero-order valence-electron chi connectivity index (χ0n) is 8.09. The second-order valence-electron chi connectivity index (χ2n) is 3.10. The van der Waals surface area contributed by atoms with Crippen LogP contribution in [0.1, 0.15) is 30.3 Å². The first-order valence-corrected chi connectivity index (χ1v) is 4.42. The van der Waals surface area contributed by atoms with Crippen LogP contribution in [0.15, 0.2) is 0 Å². The summed E-state index contributed by atoms with van der Waals surface area (Å²) in [6, 6.07) is 0. The Bertz CT molecular complexity index is 263. The molecule has 0 aliphatic carbocycles. The van der Waals surface area contributed by atoms with Gasteiger partial charge in [0.15, 0.2) is 0 Å². The molecule has 1 rings (SSSR count). The zero-order valence-corrected chi connectivity index (χ0v) is 8.09. The van der Waals surface area contributed by atoms with E-state index in [1.807, 2.05) is 11.7 Å². The van der Waals surface area contributed by atoms with E-state index in [0.29, 0.717) is 6.54 Å². The summed E-state index contributed by atoms with van der Waals surface area (Å²) in [5.41, 5.74) is 9.17. The molecule has 0 radical (unpaired) electrons. The molecule has 1 heterocycles. The first-order valence-electron chi connectivity index (χ1n) is 4.42. The predicted octanol–water partition coefficient (Wildman–Crippen LogP) is 1.14. The molecular weight excluding hydrogens is 150 g/mol. The van der Waals surface area contributed by atoms with Crippen molar-refractivity contribution < 1.29 is 0 Å². The van der Waals surface area contributed by atoms with Crippen molar-refractivity contribution in [3.63, 3.8) is 0 Å². The van der Waals surface area contributed by atoms with Crippen molar-refractivity contribution >= 4 is 0 Å². The highest BCUT2D eigenvalue weighted by Crippen LogP contribution is 2.13. The molecule has 12 heavy (non-hydrogen) atoms. The Hall–Kier alpha value is -0.830. The topological polar surface area (TPSA) is 43.8 Å². The Morgan fingerprint density at radius 1 is 1.50 bits per heavy atom. The van der Waals surface area contributed by atoms with Crippen molar-refractivity contribution in [1.29, 1.82) is 0 Å². The summed E-state index contributed by atoms with van der Waals surface area (Å²) in [7, 11) is 1.98. The van der Waals surface area contributed by atoms with Gasteiger partial charge in [0.2, 0.25) is 0 Å². The fourth-order valence-corrected chi connectivity index (χ4v) is 1.51. The number of rotatable bonds is 3. The Balaban J connectivity index is 3.01. The van der Waals surface area contributed by atoms with Crippen LogP contribution in [0.2, 0.25) is 0 Å². The molecule has 0 aliphatic heterocycles. The molecule has 0 amide bonds. The lowest BCUT2D eigenvalue weighted by molar-refractivity contribution is 0.685. The largest absolute Gasteiger partial charge is 0.325 e. The van der Waals surface area contributed by atoms with Crippen molar-refractivity contribution in [3.05, 3.63) is 17.0 Å². The summed E-state index contributed by atoms with van der Waals surface area (Å²) in [5.74, 6) is 0. The summed E-state index contributed by atoms with van der Waals surface area (Å²) in [5, 5.41) is 4.34. The summed E-state index contributed by atoms with van der Waals surface area (Å²) >= 11 is 0. The van der Waals surface area contributed by atoms with E-state index >= 15 is 0 Å². The first-order chi connectivity index (χ1) is 5.70. The van der Waals surface area contributed by atoms with Crippen molar-refractivity contribution in [3.8, 4) is 0 Å². The number of aromatic nitrogens is 2. The van der Waals surface area contributed by atoms with Gasteiger partial charge in [-0.1, -0.05) is 13.3 Å². The third-order valence-corrected chi connectivity index (χ3v) is 2.21. The molecule has 0 bridgehead atoms. The molecule has 2 N–H and O–H groups in total. The van der Waals surface area contributed by atoms with E-state index in [9.17, 15) is 0 Å². The normalized spacial score (nSPS) is 10.7. The maximum Gasteiger partial charge on any atom is 0.0792 e. The Morgan fingerprint density at radius 2 is 2.17 bits per heavy atom. The third-order valence-electron chi connectivity index (χ3n) is 2.21. The number of nitrogens with zero attached hydrogens (tertiary/aromatic N) is 2. The van der Waals surface area contributed by atoms with Crippen LogP contribution in [0.3, 0.4) is 0 Å². The summed E-state index contributed by atoms with van der Waals surface area (Å²) in [6.07, 6.45) is 2.25. The van der Waals surface area contributed by atoms with Gasteiger partial charge < -0.3 is 5.73 Å². The van der Waals surface area contributed by atoms with Gasteiger partial charge in [0.25, 0.3) is 0 Å². The number of aryl methyl sites for hydroxylation is 1. The third kappa shape index (κ3) is 1.50. The summed E-state index contributed by atoms with van der Waals surface area (Å²) in [6.45, 7) is 4.82. The minimum atomic E-state index is 0.545. The van der Waals surface area contributed by atoms with E-state index in [2.05, 4.69) is 18.9 Å². The van der Waals surface area contributed by atoms with Crippen LogP contribution < -0.4 is 5.73 Å². The lowest BCUT2D eigenvalue weighted by Crippen LogP contribution is -1.99. The predicted molar refractivity (Wildman–Crippen MR) is 49.8 cm³/mol.